The highest BCUT2D eigenvalue weighted by molar-refractivity contribution is 7.99. The number of ether oxygens (including phenoxy) is 1. The van der Waals surface area contributed by atoms with E-state index in [2.05, 4.69) is 27.7 Å². The second-order valence-corrected chi connectivity index (χ2v) is 7.66. The van der Waals surface area contributed by atoms with E-state index in [0.717, 1.165) is 45.2 Å². The molecule has 5 heteroatoms. The van der Waals surface area contributed by atoms with E-state index in [4.69, 9.17) is 10.5 Å². The number of hydrogen-bond donors (Lipinski definition) is 2. The van der Waals surface area contributed by atoms with E-state index < -0.39 is 0 Å². The molecule has 0 saturated heterocycles. The molecule has 1 atom stereocenters. The first-order valence-corrected chi connectivity index (χ1v) is 8.78. The van der Waals surface area contributed by atoms with Crippen molar-refractivity contribution < 1.29 is 9.84 Å². The van der Waals surface area contributed by atoms with Crippen molar-refractivity contribution in [3.05, 3.63) is 46.5 Å². The van der Waals surface area contributed by atoms with E-state index in [-0.39, 0.29) is 18.0 Å². The molecule has 1 heterocycles. The van der Waals surface area contributed by atoms with Crippen molar-refractivity contribution in [3.63, 3.8) is 0 Å². The van der Waals surface area contributed by atoms with Crippen LogP contribution in [0, 0.1) is 20.8 Å². The third kappa shape index (κ3) is 3.31. The summed E-state index contributed by atoms with van der Waals surface area (Å²) in [6.45, 7) is 8.39. The Morgan fingerprint density at radius 1 is 1.12 bits per heavy atom. The molecular formula is C19H24ClNO2S. The molecule has 0 bridgehead atoms. The van der Waals surface area contributed by atoms with Gasteiger partial charge in [0.15, 0.2) is 0 Å². The Hall–Kier alpha value is -1.52. The van der Waals surface area contributed by atoms with Crippen molar-refractivity contribution in [1.82, 2.24) is 0 Å². The fraction of sp³-hybridized carbons (Fsp3) is 0.368. The molecule has 0 radical (unpaired) electrons. The number of phenolic OH excluding ortho intramolecular Hbond substituents is 1. The molecule has 0 spiro atoms. The molecule has 130 valence electrons. The number of rotatable bonds is 3. The van der Waals surface area contributed by atoms with Crippen LogP contribution in [0.5, 0.6) is 11.5 Å². The number of thioether (sulfide) groups is 1. The number of halogens is 1. The summed E-state index contributed by atoms with van der Waals surface area (Å²) in [5.41, 5.74) is 11.6. The fourth-order valence-electron chi connectivity index (χ4n) is 3.08. The summed E-state index contributed by atoms with van der Waals surface area (Å²) < 4.78 is 6.36. The summed E-state index contributed by atoms with van der Waals surface area (Å²) in [6, 6.07) is 7.30. The van der Waals surface area contributed by atoms with Gasteiger partial charge in [0.2, 0.25) is 0 Å². The maximum absolute atomic E-state index is 9.37. The molecule has 3 nitrogen and oxygen atoms in total. The molecule has 1 aliphatic rings. The second-order valence-electron chi connectivity index (χ2n) is 6.61. The molecule has 1 unspecified atom stereocenters. The van der Waals surface area contributed by atoms with Gasteiger partial charge in [0.25, 0.3) is 0 Å². The second kappa shape index (κ2) is 6.77. The highest BCUT2D eigenvalue weighted by Crippen LogP contribution is 2.45. The lowest BCUT2D eigenvalue weighted by Crippen LogP contribution is -2.33. The molecule has 0 amide bonds. The molecule has 0 fully saturated rings. The molecule has 0 aromatic heterocycles. The zero-order valence-electron chi connectivity index (χ0n) is 14.5. The maximum Gasteiger partial charge on any atom is 0.127 e. The lowest BCUT2D eigenvalue weighted by molar-refractivity contribution is 0.143. The Morgan fingerprint density at radius 3 is 2.38 bits per heavy atom. The van der Waals surface area contributed by atoms with Gasteiger partial charge in [-0.2, -0.15) is 0 Å². The van der Waals surface area contributed by atoms with Gasteiger partial charge in [-0.3, -0.25) is 0 Å². The monoisotopic (exact) mass is 365 g/mol. The Kier molecular flexibility index (Phi) is 5.31. The van der Waals surface area contributed by atoms with Crippen LogP contribution in [-0.2, 0) is 6.42 Å². The Balaban J connectivity index is 0.00000208. The molecule has 0 saturated carbocycles. The lowest BCUT2D eigenvalue weighted by atomic mass is 9.93. The van der Waals surface area contributed by atoms with Crippen LogP contribution in [-0.4, -0.2) is 16.5 Å². The summed E-state index contributed by atoms with van der Waals surface area (Å²) in [4.78, 5) is 1.13. The molecule has 2 aromatic rings. The van der Waals surface area contributed by atoms with Crippen molar-refractivity contribution in [3.8, 4) is 11.5 Å². The van der Waals surface area contributed by atoms with Gasteiger partial charge in [-0.25, -0.2) is 0 Å². The van der Waals surface area contributed by atoms with Crippen LogP contribution in [0.4, 0.5) is 5.69 Å². The molecule has 24 heavy (non-hydrogen) atoms. The molecule has 3 N–H and O–H groups in total. The van der Waals surface area contributed by atoms with E-state index in [1.807, 2.05) is 12.1 Å². The number of nitrogens with two attached hydrogens (primary N) is 1. The standard InChI is InChI=1S/C19H23NO2S.ClH/c1-11-12(2)18-16(13(3)17(11)20)9-19(4,22-18)10-23-15-7-5-14(21)6-8-15;/h5-8,21H,9-10,20H2,1-4H3;1H. The van der Waals surface area contributed by atoms with Crippen LogP contribution >= 0.6 is 24.2 Å². The van der Waals surface area contributed by atoms with Crippen LogP contribution in [0.25, 0.3) is 0 Å². The maximum atomic E-state index is 9.37. The third-order valence-corrected chi connectivity index (χ3v) is 6.08. The average Bonchev–Trinajstić information content (AvgIpc) is 2.89. The summed E-state index contributed by atoms with van der Waals surface area (Å²) >= 11 is 1.75. The van der Waals surface area contributed by atoms with Crippen LogP contribution in [0.2, 0.25) is 0 Å². The number of nitrogen functional groups attached to an aromatic ring is 1. The fourth-order valence-corrected chi connectivity index (χ4v) is 4.04. The summed E-state index contributed by atoms with van der Waals surface area (Å²) in [5, 5.41) is 9.37. The van der Waals surface area contributed by atoms with E-state index in [1.165, 1.54) is 5.56 Å². The summed E-state index contributed by atoms with van der Waals surface area (Å²) in [7, 11) is 0. The summed E-state index contributed by atoms with van der Waals surface area (Å²) in [5.74, 6) is 2.16. The predicted octanol–water partition coefficient (Wildman–Crippen LogP) is 4.81. The highest BCUT2D eigenvalue weighted by atomic mass is 35.5. The Labute approximate surface area is 154 Å². The molecular weight excluding hydrogens is 342 g/mol. The Morgan fingerprint density at radius 2 is 1.75 bits per heavy atom. The van der Waals surface area contributed by atoms with E-state index in [0.29, 0.717) is 5.75 Å². The van der Waals surface area contributed by atoms with Crippen LogP contribution in [0.3, 0.4) is 0 Å². The Bertz CT molecular complexity index is 722. The number of phenols is 1. The van der Waals surface area contributed by atoms with Gasteiger partial charge < -0.3 is 15.6 Å². The number of fused-ring (bicyclic) bond motifs is 1. The molecule has 1 aliphatic heterocycles. The minimum Gasteiger partial charge on any atom is -0.508 e. The normalized spacial score (nSPS) is 18.7. The summed E-state index contributed by atoms with van der Waals surface area (Å²) in [6.07, 6.45) is 0.880. The smallest absolute Gasteiger partial charge is 0.127 e. The zero-order chi connectivity index (χ0) is 16.8. The largest absolute Gasteiger partial charge is 0.508 e. The minimum absolute atomic E-state index is 0. The zero-order valence-corrected chi connectivity index (χ0v) is 16.1. The number of anilines is 1. The van der Waals surface area contributed by atoms with Crippen molar-refractivity contribution >= 4 is 29.9 Å². The van der Waals surface area contributed by atoms with E-state index in [1.54, 1.807) is 23.9 Å². The lowest BCUT2D eigenvalue weighted by Gasteiger charge is -2.24. The van der Waals surface area contributed by atoms with Gasteiger partial charge >= 0.3 is 0 Å². The molecule has 0 aliphatic carbocycles. The average molecular weight is 366 g/mol. The quantitative estimate of drug-likeness (QED) is 0.605. The first-order valence-electron chi connectivity index (χ1n) is 7.80. The van der Waals surface area contributed by atoms with E-state index in [9.17, 15) is 5.11 Å². The predicted molar refractivity (Wildman–Crippen MR) is 104 cm³/mol. The van der Waals surface area contributed by atoms with E-state index >= 15 is 0 Å². The topological polar surface area (TPSA) is 55.5 Å². The van der Waals surface area contributed by atoms with Gasteiger partial charge in [0, 0.05) is 28.3 Å². The molecule has 3 rings (SSSR count). The highest BCUT2D eigenvalue weighted by Gasteiger charge is 2.37. The van der Waals surface area contributed by atoms with Crippen molar-refractivity contribution in [2.45, 2.75) is 44.6 Å². The van der Waals surface area contributed by atoms with Gasteiger partial charge in [0.05, 0.1) is 0 Å². The first kappa shape index (κ1) is 18.8. The van der Waals surface area contributed by atoms with Crippen molar-refractivity contribution in [2.75, 3.05) is 11.5 Å². The van der Waals surface area contributed by atoms with Crippen LogP contribution in [0.15, 0.2) is 29.2 Å². The van der Waals surface area contributed by atoms with Crippen LogP contribution in [0.1, 0.15) is 29.2 Å². The minimum atomic E-state index is -0.235. The van der Waals surface area contributed by atoms with Crippen LogP contribution < -0.4 is 10.5 Å². The van der Waals surface area contributed by atoms with Gasteiger partial charge in [-0.05, 0) is 68.7 Å². The van der Waals surface area contributed by atoms with Gasteiger partial charge in [0.1, 0.15) is 17.1 Å². The SMILES string of the molecule is Cc1c(C)c2c(c(C)c1N)CC(C)(CSc1ccc(O)cc1)O2.Cl. The molecule has 2 aromatic carbocycles. The third-order valence-electron chi connectivity index (χ3n) is 4.72. The van der Waals surface area contributed by atoms with Crippen molar-refractivity contribution in [1.29, 1.82) is 0 Å². The number of benzene rings is 2. The van der Waals surface area contributed by atoms with Crippen molar-refractivity contribution in [2.24, 2.45) is 0 Å². The van der Waals surface area contributed by atoms with Gasteiger partial charge in [-0.15, -0.1) is 24.2 Å². The number of hydrogen-bond acceptors (Lipinski definition) is 4. The first-order chi connectivity index (χ1) is 10.8. The number of aromatic hydroxyl groups is 1. The van der Waals surface area contributed by atoms with Gasteiger partial charge in [-0.1, -0.05) is 0 Å².